The molecule has 1 aromatic carbocycles. The van der Waals surface area contributed by atoms with Gasteiger partial charge in [0.15, 0.2) is 0 Å². The molecule has 0 saturated heterocycles. The fourth-order valence-corrected chi connectivity index (χ4v) is 1.43. The van der Waals surface area contributed by atoms with E-state index in [2.05, 4.69) is 32.9 Å². The van der Waals surface area contributed by atoms with Gasteiger partial charge in [0.1, 0.15) is 5.75 Å². The van der Waals surface area contributed by atoms with Gasteiger partial charge in [0, 0.05) is 11.6 Å². The molecule has 1 rings (SSSR count). The molecule has 0 amide bonds. The molecule has 0 fully saturated rings. The second kappa shape index (κ2) is 5.17. The number of aryl methyl sites for hydroxylation is 1. The Morgan fingerprint density at radius 2 is 2.00 bits per heavy atom. The van der Waals surface area contributed by atoms with Gasteiger partial charge in [0.2, 0.25) is 0 Å². The van der Waals surface area contributed by atoms with Gasteiger partial charge in [-0.05, 0) is 33.3 Å². The third-order valence-corrected chi connectivity index (χ3v) is 2.56. The number of hydrogen-bond acceptors (Lipinski definition) is 2. The first-order valence-electron chi connectivity index (χ1n) is 5.57. The summed E-state index contributed by atoms with van der Waals surface area (Å²) in [5, 5.41) is 0. The molecular formula is C13H21NO. The average molecular weight is 207 g/mol. The third kappa shape index (κ3) is 3.24. The molecule has 0 radical (unpaired) electrons. The zero-order valence-electron chi connectivity index (χ0n) is 10.1. The van der Waals surface area contributed by atoms with Crippen molar-refractivity contribution >= 4 is 0 Å². The molecule has 15 heavy (non-hydrogen) atoms. The van der Waals surface area contributed by atoms with Crippen molar-refractivity contribution in [1.82, 2.24) is 0 Å². The Bertz CT molecular complexity index is 320. The van der Waals surface area contributed by atoms with Crippen LogP contribution in [-0.2, 0) is 0 Å². The van der Waals surface area contributed by atoms with Crippen LogP contribution in [0.5, 0.6) is 5.75 Å². The van der Waals surface area contributed by atoms with Gasteiger partial charge in [0.25, 0.3) is 0 Å². The Kier molecular flexibility index (Phi) is 4.15. The van der Waals surface area contributed by atoms with E-state index in [1.807, 2.05) is 13.0 Å². The van der Waals surface area contributed by atoms with Gasteiger partial charge in [0.05, 0.1) is 6.10 Å². The molecule has 0 aliphatic carbocycles. The molecule has 0 aliphatic rings. The van der Waals surface area contributed by atoms with E-state index < -0.39 is 0 Å². The van der Waals surface area contributed by atoms with Crippen LogP contribution in [0.4, 0.5) is 0 Å². The molecular weight excluding hydrogens is 186 g/mol. The van der Waals surface area contributed by atoms with Crippen LogP contribution in [0.15, 0.2) is 18.2 Å². The Morgan fingerprint density at radius 3 is 2.53 bits per heavy atom. The van der Waals surface area contributed by atoms with Gasteiger partial charge in [-0.3, -0.25) is 0 Å². The molecule has 84 valence electrons. The van der Waals surface area contributed by atoms with Gasteiger partial charge < -0.3 is 10.5 Å². The summed E-state index contributed by atoms with van der Waals surface area (Å²) < 4.78 is 5.83. The smallest absolute Gasteiger partial charge is 0.124 e. The monoisotopic (exact) mass is 207 g/mol. The summed E-state index contributed by atoms with van der Waals surface area (Å²) in [7, 11) is 0. The lowest BCUT2D eigenvalue weighted by molar-refractivity contribution is 0.214. The molecule has 2 N–H and O–H groups in total. The predicted octanol–water partition coefficient (Wildman–Crippen LogP) is 3.19. The Labute approximate surface area is 92.4 Å². The number of benzene rings is 1. The van der Waals surface area contributed by atoms with E-state index in [1.165, 1.54) is 5.56 Å². The standard InChI is InChI=1S/C13H21NO/c1-5-10(3)15-13-7-6-9(2)8-12(13)11(4)14/h6-8,10-11H,5,14H2,1-4H3/t10?,11-/m1/s1. The van der Waals surface area contributed by atoms with Crippen molar-refractivity contribution in [2.75, 3.05) is 0 Å². The van der Waals surface area contributed by atoms with Gasteiger partial charge in [-0.15, -0.1) is 0 Å². The molecule has 0 spiro atoms. The molecule has 2 atom stereocenters. The second-order valence-corrected chi connectivity index (χ2v) is 4.17. The lowest BCUT2D eigenvalue weighted by atomic mass is 10.1. The Balaban J connectivity index is 2.95. The highest BCUT2D eigenvalue weighted by molar-refractivity contribution is 5.38. The van der Waals surface area contributed by atoms with Crippen LogP contribution < -0.4 is 10.5 Å². The average Bonchev–Trinajstić information content (AvgIpc) is 2.20. The highest BCUT2D eigenvalue weighted by atomic mass is 16.5. The van der Waals surface area contributed by atoms with E-state index in [0.29, 0.717) is 0 Å². The van der Waals surface area contributed by atoms with Gasteiger partial charge in [-0.1, -0.05) is 24.6 Å². The Morgan fingerprint density at radius 1 is 1.33 bits per heavy atom. The normalized spacial score (nSPS) is 14.7. The van der Waals surface area contributed by atoms with Gasteiger partial charge >= 0.3 is 0 Å². The maximum Gasteiger partial charge on any atom is 0.124 e. The maximum atomic E-state index is 5.92. The molecule has 0 bridgehead atoms. The molecule has 0 saturated carbocycles. The van der Waals surface area contributed by atoms with E-state index in [1.54, 1.807) is 0 Å². The second-order valence-electron chi connectivity index (χ2n) is 4.17. The van der Waals surface area contributed by atoms with Crippen LogP contribution in [0.2, 0.25) is 0 Å². The fraction of sp³-hybridized carbons (Fsp3) is 0.538. The summed E-state index contributed by atoms with van der Waals surface area (Å²) in [4.78, 5) is 0. The van der Waals surface area contributed by atoms with E-state index in [9.17, 15) is 0 Å². The summed E-state index contributed by atoms with van der Waals surface area (Å²) in [6, 6.07) is 6.19. The minimum Gasteiger partial charge on any atom is -0.490 e. The van der Waals surface area contributed by atoms with Gasteiger partial charge in [-0.25, -0.2) is 0 Å². The molecule has 0 aliphatic heterocycles. The first-order valence-corrected chi connectivity index (χ1v) is 5.57. The minimum atomic E-state index is 0.0176. The van der Waals surface area contributed by atoms with E-state index in [-0.39, 0.29) is 12.1 Å². The summed E-state index contributed by atoms with van der Waals surface area (Å²) in [5.74, 6) is 0.921. The van der Waals surface area contributed by atoms with E-state index in [0.717, 1.165) is 17.7 Å². The van der Waals surface area contributed by atoms with Crippen molar-refractivity contribution in [2.45, 2.75) is 46.3 Å². The van der Waals surface area contributed by atoms with Crippen molar-refractivity contribution in [3.63, 3.8) is 0 Å². The van der Waals surface area contributed by atoms with E-state index >= 15 is 0 Å². The summed E-state index contributed by atoms with van der Waals surface area (Å²) in [6.45, 7) is 8.24. The van der Waals surface area contributed by atoms with Crippen molar-refractivity contribution < 1.29 is 4.74 Å². The Hall–Kier alpha value is -1.02. The molecule has 1 unspecified atom stereocenters. The molecule has 0 aromatic heterocycles. The number of ether oxygens (including phenoxy) is 1. The number of nitrogens with two attached hydrogens (primary N) is 1. The molecule has 2 nitrogen and oxygen atoms in total. The first-order chi connectivity index (χ1) is 7.04. The van der Waals surface area contributed by atoms with Crippen LogP contribution in [-0.4, -0.2) is 6.10 Å². The minimum absolute atomic E-state index is 0.0176. The summed E-state index contributed by atoms with van der Waals surface area (Å²) in [6.07, 6.45) is 1.25. The lowest BCUT2D eigenvalue weighted by Crippen LogP contribution is -2.14. The van der Waals surface area contributed by atoms with Crippen LogP contribution in [0, 0.1) is 6.92 Å². The largest absolute Gasteiger partial charge is 0.490 e. The topological polar surface area (TPSA) is 35.2 Å². The van der Waals surface area contributed by atoms with Crippen LogP contribution in [0.1, 0.15) is 44.4 Å². The zero-order chi connectivity index (χ0) is 11.4. The predicted molar refractivity (Wildman–Crippen MR) is 64.2 cm³/mol. The summed E-state index contributed by atoms with van der Waals surface area (Å²) >= 11 is 0. The maximum absolute atomic E-state index is 5.92. The molecule has 0 heterocycles. The third-order valence-electron chi connectivity index (χ3n) is 2.56. The zero-order valence-corrected chi connectivity index (χ0v) is 10.1. The number of hydrogen-bond donors (Lipinski definition) is 1. The van der Waals surface area contributed by atoms with Crippen molar-refractivity contribution in [3.8, 4) is 5.75 Å². The van der Waals surface area contributed by atoms with Crippen molar-refractivity contribution in [3.05, 3.63) is 29.3 Å². The highest BCUT2D eigenvalue weighted by Gasteiger charge is 2.10. The fourth-order valence-electron chi connectivity index (χ4n) is 1.43. The van der Waals surface area contributed by atoms with E-state index in [4.69, 9.17) is 10.5 Å². The number of rotatable bonds is 4. The van der Waals surface area contributed by atoms with Crippen molar-refractivity contribution in [1.29, 1.82) is 0 Å². The van der Waals surface area contributed by atoms with Crippen molar-refractivity contribution in [2.24, 2.45) is 5.73 Å². The molecule has 1 aromatic rings. The van der Waals surface area contributed by atoms with Gasteiger partial charge in [-0.2, -0.15) is 0 Å². The molecule has 2 heteroatoms. The highest BCUT2D eigenvalue weighted by Crippen LogP contribution is 2.26. The van der Waals surface area contributed by atoms with Crippen LogP contribution >= 0.6 is 0 Å². The first kappa shape index (κ1) is 12.1. The lowest BCUT2D eigenvalue weighted by Gasteiger charge is -2.18. The quantitative estimate of drug-likeness (QED) is 0.823. The summed E-state index contributed by atoms with van der Waals surface area (Å²) in [5.41, 5.74) is 8.23. The SMILES string of the molecule is CCC(C)Oc1ccc(C)cc1[C@@H](C)N. The van der Waals surface area contributed by atoms with Crippen LogP contribution in [0.25, 0.3) is 0 Å². The van der Waals surface area contributed by atoms with Crippen LogP contribution in [0.3, 0.4) is 0 Å².